The van der Waals surface area contributed by atoms with Crippen molar-refractivity contribution < 1.29 is 13.7 Å². The van der Waals surface area contributed by atoms with Gasteiger partial charge in [0.2, 0.25) is 5.82 Å². The first-order valence-electron chi connectivity index (χ1n) is 10.3. The minimum Gasteiger partial charge on any atom is -0.334 e. The van der Waals surface area contributed by atoms with E-state index in [0.29, 0.717) is 32.6 Å². The monoisotopic (exact) mass is 494 g/mol. The zero-order valence-corrected chi connectivity index (χ0v) is 19.3. The summed E-state index contributed by atoms with van der Waals surface area (Å²) in [6.07, 6.45) is 0. The van der Waals surface area contributed by atoms with Crippen LogP contribution in [0.4, 0.5) is 14.9 Å². The van der Waals surface area contributed by atoms with Crippen LogP contribution < -0.4 is 10.2 Å². The lowest BCUT2D eigenvalue weighted by atomic mass is 9.94. The quantitative estimate of drug-likeness (QED) is 0.335. The summed E-state index contributed by atoms with van der Waals surface area (Å²) in [6, 6.07) is 19.1. The molecule has 1 atom stereocenters. The largest absolute Gasteiger partial charge is 0.334 e. The molecule has 1 aliphatic heterocycles. The summed E-state index contributed by atoms with van der Waals surface area (Å²) in [5.41, 5.74) is 3.09. The second kappa shape index (κ2) is 8.93. The number of hydrogen-bond acceptors (Lipinski definition) is 4. The van der Waals surface area contributed by atoms with Crippen molar-refractivity contribution in [3.63, 3.8) is 0 Å². The topological polar surface area (TPSA) is 71.3 Å². The Morgan fingerprint density at radius 3 is 2.35 bits per heavy atom. The summed E-state index contributed by atoms with van der Waals surface area (Å²) in [5, 5.41) is 8.19. The van der Waals surface area contributed by atoms with Gasteiger partial charge in [0.1, 0.15) is 5.82 Å². The van der Waals surface area contributed by atoms with Crippen LogP contribution >= 0.6 is 23.2 Å². The van der Waals surface area contributed by atoms with Gasteiger partial charge in [-0.1, -0.05) is 52.6 Å². The lowest BCUT2D eigenvalue weighted by Gasteiger charge is -2.35. The molecule has 1 unspecified atom stereocenters. The van der Waals surface area contributed by atoms with Crippen LogP contribution in [0, 0.1) is 5.82 Å². The molecule has 0 radical (unpaired) electrons. The Morgan fingerprint density at radius 2 is 1.68 bits per heavy atom. The highest BCUT2D eigenvalue weighted by atomic mass is 35.5. The van der Waals surface area contributed by atoms with Gasteiger partial charge < -0.3 is 9.84 Å². The number of carbonyl (C=O) groups excluding carboxylic acids is 1. The summed E-state index contributed by atoms with van der Waals surface area (Å²) >= 11 is 12.1. The van der Waals surface area contributed by atoms with Gasteiger partial charge in [0.05, 0.1) is 17.3 Å². The van der Waals surface area contributed by atoms with E-state index in [1.54, 1.807) is 55.5 Å². The van der Waals surface area contributed by atoms with Gasteiger partial charge >= 0.3 is 6.03 Å². The van der Waals surface area contributed by atoms with Crippen molar-refractivity contribution in [3.05, 3.63) is 106 Å². The maximum Gasteiger partial charge on any atom is 0.326 e. The number of benzene rings is 3. The standard InChI is InChI=1S/C25H17Cl2FN4O2/c1-14-21(24-30-23(31-34-24)16-3-2-4-19(28)13-16)22(15-5-7-17(26)8-6-15)29-25(33)32(14)20-11-9-18(27)10-12-20/h2-13,22H,1H3,(H,29,33). The van der Waals surface area contributed by atoms with E-state index >= 15 is 0 Å². The van der Waals surface area contributed by atoms with E-state index in [2.05, 4.69) is 15.5 Å². The Kier molecular flexibility index (Phi) is 5.81. The summed E-state index contributed by atoms with van der Waals surface area (Å²) in [4.78, 5) is 19.2. The van der Waals surface area contributed by atoms with Gasteiger partial charge in [0, 0.05) is 21.3 Å². The maximum atomic E-state index is 13.7. The summed E-state index contributed by atoms with van der Waals surface area (Å²) < 4.78 is 19.3. The van der Waals surface area contributed by atoms with Crippen molar-refractivity contribution in [2.24, 2.45) is 0 Å². The molecule has 2 heterocycles. The Hall–Kier alpha value is -3.68. The molecule has 1 aliphatic rings. The average molecular weight is 495 g/mol. The third-order valence-corrected chi connectivity index (χ3v) is 6.02. The number of allylic oxidation sites excluding steroid dienone is 1. The SMILES string of the molecule is CC1=C(c2nc(-c3cccc(F)c3)no2)C(c2ccc(Cl)cc2)NC(=O)N1c1ccc(Cl)cc1. The predicted molar refractivity (Wildman–Crippen MR) is 129 cm³/mol. The average Bonchev–Trinajstić information content (AvgIpc) is 3.30. The number of aromatic nitrogens is 2. The van der Waals surface area contributed by atoms with Crippen LogP contribution in [-0.4, -0.2) is 16.2 Å². The van der Waals surface area contributed by atoms with Gasteiger partial charge in [0.15, 0.2) is 0 Å². The van der Waals surface area contributed by atoms with Crippen LogP contribution in [0.5, 0.6) is 0 Å². The fourth-order valence-corrected chi connectivity index (χ4v) is 4.16. The van der Waals surface area contributed by atoms with Gasteiger partial charge in [-0.3, -0.25) is 4.90 Å². The molecule has 2 amide bonds. The van der Waals surface area contributed by atoms with E-state index in [1.807, 2.05) is 12.1 Å². The highest BCUT2D eigenvalue weighted by molar-refractivity contribution is 6.31. The third kappa shape index (κ3) is 4.16. The predicted octanol–water partition coefficient (Wildman–Crippen LogP) is 6.88. The molecular weight excluding hydrogens is 478 g/mol. The number of hydrogen-bond donors (Lipinski definition) is 1. The van der Waals surface area contributed by atoms with Crippen molar-refractivity contribution in [3.8, 4) is 11.4 Å². The fourth-order valence-electron chi connectivity index (χ4n) is 3.90. The molecule has 0 bridgehead atoms. The molecule has 0 aliphatic carbocycles. The summed E-state index contributed by atoms with van der Waals surface area (Å²) in [6.45, 7) is 1.80. The molecule has 0 fully saturated rings. The summed E-state index contributed by atoms with van der Waals surface area (Å²) in [5.74, 6) is 0.0346. The van der Waals surface area contributed by atoms with E-state index in [9.17, 15) is 9.18 Å². The molecule has 0 saturated carbocycles. The van der Waals surface area contributed by atoms with Crippen LogP contribution in [0.1, 0.15) is 24.4 Å². The molecule has 0 saturated heterocycles. The van der Waals surface area contributed by atoms with Crippen LogP contribution in [0.25, 0.3) is 17.0 Å². The van der Waals surface area contributed by atoms with E-state index in [-0.39, 0.29) is 17.7 Å². The molecule has 170 valence electrons. The molecule has 4 aromatic rings. The molecule has 6 nitrogen and oxygen atoms in total. The molecule has 0 spiro atoms. The summed E-state index contributed by atoms with van der Waals surface area (Å²) in [7, 11) is 0. The van der Waals surface area contributed by atoms with Crippen molar-refractivity contribution in [2.45, 2.75) is 13.0 Å². The smallest absolute Gasteiger partial charge is 0.326 e. The number of halogens is 3. The Labute approximate surface area is 204 Å². The first-order valence-corrected chi connectivity index (χ1v) is 11.1. The zero-order valence-electron chi connectivity index (χ0n) is 17.8. The van der Waals surface area contributed by atoms with Crippen molar-refractivity contribution in [1.29, 1.82) is 0 Å². The third-order valence-electron chi connectivity index (χ3n) is 5.51. The number of nitrogens with one attached hydrogen (secondary N) is 1. The number of amides is 2. The van der Waals surface area contributed by atoms with Crippen LogP contribution in [-0.2, 0) is 0 Å². The van der Waals surface area contributed by atoms with Gasteiger partial charge in [-0.15, -0.1) is 0 Å². The maximum absolute atomic E-state index is 13.7. The second-order valence-corrected chi connectivity index (χ2v) is 8.55. The fraction of sp³-hybridized carbons (Fsp3) is 0.0800. The minimum absolute atomic E-state index is 0.204. The van der Waals surface area contributed by atoms with E-state index in [0.717, 1.165) is 5.56 Å². The first kappa shape index (κ1) is 22.1. The van der Waals surface area contributed by atoms with Crippen LogP contribution in [0.15, 0.2) is 83.0 Å². The highest BCUT2D eigenvalue weighted by Crippen LogP contribution is 2.39. The molecule has 9 heteroatoms. The highest BCUT2D eigenvalue weighted by Gasteiger charge is 2.36. The van der Waals surface area contributed by atoms with Crippen molar-refractivity contribution >= 4 is 40.5 Å². The van der Waals surface area contributed by atoms with Crippen molar-refractivity contribution in [2.75, 3.05) is 4.90 Å². The van der Waals surface area contributed by atoms with E-state index < -0.39 is 11.9 Å². The molecule has 3 aromatic carbocycles. The van der Waals surface area contributed by atoms with Crippen LogP contribution in [0.2, 0.25) is 10.0 Å². The first-order chi connectivity index (χ1) is 16.4. The lowest BCUT2D eigenvalue weighted by molar-refractivity contribution is 0.244. The molecule has 5 rings (SSSR count). The Morgan fingerprint density at radius 1 is 1.00 bits per heavy atom. The number of rotatable bonds is 4. The van der Waals surface area contributed by atoms with Gasteiger partial charge in [0.25, 0.3) is 5.89 Å². The molecule has 1 aromatic heterocycles. The zero-order chi connectivity index (χ0) is 23.8. The minimum atomic E-state index is -0.575. The van der Waals surface area contributed by atoms with Crippen LogP contribution in [0.3, 0.4) is 0 Å². The molecule has 1 N–H and O–H groups in total. The van der Waals surface area contributed by atoms with E-state index in [1.165, 1.54) is 17.0 Å². The van der Waals surface area contributed by atoms with Gasteiger partial charge in [-0.05, 0) is 61.0 Å². The lowest BCUT2D eigenvalue weighted by Crippen LogP contribution is -2.46. The van der Waals surface area contributed by atoms with Gasteiger partial charge in [-0.2, -0.15) is 4.98 Å². The van der Waals surface area contributed by atoms with Crippen molar-refractivity contribution in [1.82, 2.24) is 15.5 Å². The number of anilines is 1. The Balaban J connectivity index is 1.65. The normalized spacial score (nSPS) is 16.1. The number of urea groups is 1. The molecule has 34 heavy (non-hydrogen) atoms. The number of carbonyl (C=O) groups is 1. The Bertz CT molecular complexity index is 1400. The van der Waals surface area contributed by atoms with E-state index in [4.69, 9.17) is 27.7 Å². The number of nitrogens with zero attached hydrogens (tertiary/aromatic N) is 3. The second-order valence-electron chi connectivity index (χ2n) is 7.68. The molecular formula is C25H17Cl2FN4O2. The van der Waals surface area contributed by atoms with Gasteiger partial charge in [-0.25, -0.2) is 9.18 Å².